The van der Waals surface area contributed by atoms with Gasteiger partial charge in [0.2, 0.25) is 0 Å². The van der Waals surface area contributed by atoms with E-state index in [0.29, 0.717) is 38.5 Å². The molecule has 0 radical (unpaired) electrons. The minimum absolute atomic E-state index is 0.0957. The number of hydrogen-bond donors (Lipinski definition) is 1. The summed E-state index contributed by atoms with van der Waals surface area (Å²) in [5.41, 5.74) is 3.39. The van der Waals surface area contributed by atoms with E-state index in [1.54, 1.807) is 25.1 Å². The predicted molar refractivity (Wildman–Crippen MR) is 135 cm³/mol. The molecule has 0 saturated heterocycles. The number of methoxy groups -OCH3 is 2. The van der Waals surface area contributed by atoms with Crippen molar-refractivity contribution in [1.82, 2.24) is 4.98 Å². The molecule has 0 unspecified atom stereocenters. The minimum Gasteiger partial charge on any atom is -0.496 e. The van der Waals surface area contributed by atoms with Gasteiger partial charge >= 0.3 is 0 Å². The van der Waals surface area contributed by atoms with Crippen molar-refractivity contribution in [3.05, 3.63) is 62.7 Å². The number of anilines is 1. The molecule has 1 N–H and O–H groups in total. The van der Waals surface area contributed by atoms with Crippen LogP contribution in [0.5, 0.6) is 5.75 Å². The Bertz CT molecular complexity index is 1250. The SMILES string of the molecule is [2H]C([2H])([2H])Oc1cc(Cl)c(-c2nc(N[C@@H](CC3CC3)c3ccc(COCOC)c(F)c3)sc2C)cc1C. The van der Waals surface area contributed by atoms with E-state index in [9.17, 15) is 4.39 Å². The third-order valence-electron chi connectivity index (χ3n) is 5.93. The largest absolute Gasteiger partial charge is 0.496 e. The highest BCUT2D eigenvalue weighted by molar-refractivity contribution is 7.16. The lowest BCUT2D eigenvalue weighted by Gasteiger charge is -2.19. The van der Waals surface area contributed by atoms with Crippen LogP contribution in [0.4, 0.5) is 9.52 Å². The maximum absolute atomic E-state index is 14.8. The first-order valence-corrected chi connectivity index (χ1v) is 12.3. The smallest absolute Gasteiger partial charge is 0.183 e. The highest BCUT2D eigenvalue weighted by Crippen LogP contribution is 2.42. The zero-order valence-electron chi connectivity index (χ0n) is 22.4. The number of nitrogens with one attached hydrogen (secondary N) is 1. The van der Waals surface area contributed by atoms with Crippen LogP contribution in [0.3, 0.4) is 0 Å². The monoisotopic (exact) mass is 507 g/mol. The highest BCUT2D eigenvalue weighted by atomic mass is 35.5. The van der Waals surface area contributed by atoms with Crippen LogP contribution in [0.15, 0.2) is 30.3 Å². The van der Waals surface area contributed by atoms with Crippen LogP contribution in [0.1, 0.15) is 51.0 Å². The zero-order valence-corrected chi connectivity index (χ0v) is 21.0. The van der Waals surface area contributed by atoms with Crippen molar-refractivity contribution in [2.24, 2.45) is 5.92 Å². The molecule has 5 nitrogen and oxygen atoms in total. The van der Waals surface area contributed by atoms with Gasteiger partial charge in [0.1, 0.15) is 18.4 Å². The summed E-state index contributed by atoms with van der Waals surface area (Å²) in [5.74, 6) is 0.505. The van der Waals surface area contributed by atoms with Crippen LogP contribution in [-0.2, 0) is 16.1 Å². The lowest BCUT2D eigenvalue weighted by Crippen LogP contribution is -2.12. The van der Waals surface area contributed by atoms with E-state index in [-0.39, 0.29) is 31.0 Å². The van der Waals surface area contributed by atoms with Crippen LogP contribution in [0.25, 0.3) is 11.3 Å². The Labute approximate surface area is 213 Å². The third kappa shape index (κ3) is 5.89. The molecule has 0 bridgehead atoms. The molecule has 0 spiro atoms. The van der Waals surface area contributed by atoms with E-state index in [2.05, 4.69) is 5.32 Å². The number of aromatic nitrogens is 1. The van der Waals surface area contributed by atoms with Gasteiger partial charge in [0.25, 0.3) is 0 Å². The molecule has 1 aromatic heterocycles. The second-order valence-corrected chi connectivity index (χ2v) is 10.2. The van der Waals surface area contributed by atoms with Crippen molar-refractivity contribution in [2.45, 2.75) is 45.8 Å². The summed E-state index contributed by atoms with van der Waals surface area (Å²) in [5, 5.41) is 4.59. The molecule has 3 aromatic rings. The molecular weight excluding hydrogens is 475 g/mol. The molecule has 1 atom stereocenters. The number of halogens is 2. The van der Waals surface area contributed by atoms with Crippen molar-refractivity contribution in [3.63, 3.8) is 0 Å². The van der Waals surface area contributed by atoms with Gasteiger partial charge in [-0.1, -0.05) is 36.6 Å². The van der Waals surface area contributed by atoms with Crippen molar-refractivity contribution >= 4 is 28.1 Å². The number of thiazole rings is 1. The summed E-state index contributed by atoms with van der Waals surface area (Å²) in [6.45, 7) is 3.98. The summed E-state index contributed by atoms with van der Waals surface area (Å²) >= 11 is 8.02. The first-order chi connectivity index (χ1) is 17.5. The van der Waals surface area contributed by atoms with Gasteiger partial charge in [-0.2, -0.15) is 0 Å². The van der Waals surface area contributed by atoms with Gasteiger partial charge in [-0.25, -0.2) is 9.37 Å². The van der Waals surface area contributed by atoms with Crippen LogP contribution >= 0.6 is 22.9 Å². The Morgan fingerprint density at radius 1 is 1.29 bits per heavy atom. The maximum Gasteiger partial charge on any atom is 0.183 e. The maximum atomic E-state index is 14.8. The topological polar surface area (TPSA) is 52.6 Å². The number of rotatable bonds is 11. The summed E-state index contributed by atoms with van der Waals surface area (Å²) in [6.07, 6.45) is 3.23. The van der Waals surface area contributed by atoms with E-state index in [1.807, 2.05) is 13.0 Å². The average Bonchev–Trinajstić information content (AvgIpc) is 3.56. The van der Waals surface area contributed by atoms with Crippen molar-refractivity contribution in [2.75, 3.05) is 26.3 Å². The first-order valence-electron chi connectivity index (χ1n) is 12.6. The zero-order chi connectivity index (χ0) is 26.7. The second kappa shape index (κ2) is 11.0. The van der Waals surface area contributed by atoms with E-state index in [0.717, 1.165) is 16.9 Å². The number of aryl methyl sites for hydroxylation is 2. The van der Waals surface area contributed by atoms with Gasteiger partial charge < -0.3 is 19.5 Å². The van der Waals surface area contributed by atoms with Crippen molar-refractivity contribution < 1.29 is 22.7 Å². The lowest BCUT2D eigenvalue weighted by molar-refractivity contribution is -0.0398. The van der Waals surface area contributed by atoms with Gasteiger partial charge in [-0.15, -0.1) is 11.3 Å². The number of hydrogen-bond acceptors (Lipinski definition) is 6. The molecule has 182 valence electrons. The Morgan fingerprint density at radius 2 is 2.12 bits per heavy atom. The normalized spacial score (nSPS) is 16.0. The molecule has 1 heterocycles. The van der Waals surface area contributed by atoms with E-state index < -0.39 is 7.04 Å². The Kier molecular flexibility index (Phi) is 6.86. The average molecular weight is 508 g/mol. The molecule has 1 fully saturated rings. The summed E-state index contributed by atoms with van der Waals surface area (Å²) in [6, 6.07) is 8.46. The molecular formula is C26H30ClFN2O3S. The molecule has 4 rings (SSSR count). The van der Waals surface area contributed by atoms with E-state index in [1.165, 1.54) is 37.4 Å². The fraction of sp³-hybridized carbons (Fsp3) is 0.423. The number of nitrogens with zero attached hydrogens (tertiary/aromatic N) is 1. The summed E-state index contributed by atoms with van der Waals surface area (Å²) in [4.78, 5) is 5.77. The Balaban J connectivity index is 1.56. The summed E-state index contributed by atoms with van der Waals surface area (Å²) in [7, 11) is -1.03. The van der Waals surface area contributed by atoms with Gasteiger partial charge in [-0.3, -0.25) is 0 Å². The molecule has 0 amide bonds. The summed E-state index contributed by atoms with van der Waals surface area (Å²) < 4.78 is 52.1. The van der Waals surface area contributed by atoms with Gasteiger partial charge in [0, 0.05) is 23.1 Å². The molecule has 1 aliphatic carbocycles. The predicted octanol–water partition coefficient (Wildman–Crippen LogP) is 7.30. The fourth-order valence-corrected chi connectivity index (χ4v) is 5.03. The number of benzene rings is 2. The number of ether oxygens (including phenoxy) is 3. The van der Waals surface area contributed by atoms with E-state index in [4.69, 9.17) is 34.9 Å². The molecule has 8 heteroatoms. The minimum atomic E-state index is -2.56. The van der Waals surface area contributed by atoms with Gasteiger partial charge in [0.15, 0.2) is 5.13 Å². The standard InChI is InChI=1S/C26H30ClFN2O3S/c1-15-9-20(21(27)12-24(15)32-4)25-16(2)34-26(30-25)29-23(10-17-5-6-17)18-7-8-19(22(28)11-18)13-33-14-31-3/h7-9,11-12,17,23H,5-6,10,13-14H2,1-4H3,(H,29,30)/t23-/m0/s1/i4D3. The van der Waals surface area contributed by atoms with Crippen molar-refractivity contribution in [3.8, 4) is 17.0 Å². The molecule has 0 aliphatic heterocycles. The Hall–Kier alpha value is -2.19. The van der Waals surface area contributed by atoms with Crippen LogP contribution in [0.2, 0.25) is 5.02 Å². The van der Waals surface area contributed by atoms with Crippen molar-refractivity contribution in [1.29, 1.82) is 0 Å². The second-order valence-electron chi connectivity index (χ2n) is 8.61. The van der Waals surface area contributed by atoms with Crippen LogP contribution < -0.4 is 10.1 Å². The third-order valence-corrected chi connectivity index (χ3v) is 7.14. The fourth-order valence-electron chi connectivity index (χ4n) is 3.91. The lowest BCUT2D eigenvalue weighted by atomic mass is 9.99. The van der Waals surface area contributed by atoms with Crippen LogP contribution in [0, 0.1) is 25.6 Å². The Morgan fingerprint density at radius 3 is 2.82 bits per heavy atom. The quantitative estimate of drug-likeness (QED) is 0.218. The van der Waals surface area contributed by atoms with E-state index >= 15 is 0 Å². The first kappa shape index (κ1) is 21.1. The molecule has 34 heavy (non-hydrogen) atoms. The van der Waals surface area contributed by atoms with Gasteiger partial charge in [0.05, 0.1) is 34.5 Å². The van der Waals surface area contributed by atoms with Gasteiger partial charge in [-0.05, 0) is 55.5 Å². The van der Waals surface area contributed by atoms with Crippen LogP contribution in [-0.4, -0.2) is 25.9 Å². The highest BCUT2D eigenvalue weighted by Gasteiger charge is 2.28. The molecule has 2 aromatic carbocycles. The molecule has 1 aliphatic rings. The molecule has 1 saturated carbocycles.